The van der Waals surface area contributed by atoms with E-state index < -0.39 is 6.10 Å². The Bertz CT molecular complexity index is 411. The van der Waals surface area contributed by atoms with Crippen LogP contribution in [0.25, 0.3) is 0 Å². The molecule has 0 radical (unpaired) electrons. The molecule has 18 heavy (non-hydrogen) atoms. The fourth-order valence-corrected chi connectivity index (χ4v) is 2.14. The van der Waals surface area contributed by atoms with Gasteiger partial charge in [-0.1, -0.05) is 6.07 Å². The minimum absolute atomic E-state index is 0.0718. The summed E-state index contributed by atoms with van der Waals surface area (Å²) in [5.74, 6) is -0.381. The lowest BCUT2D eigenvalue weighted by Gasteiger charge is -2.36. The van der Waals surface area contributed by atoms with Crippen molar-refractivity contribution in [3.63, 3.8) is 0 Å². The van der Waals surface area contributed by atoms with E-state index in [1.54, 1.807) is 19.1 Å². The van der Waals surface area contributed by atoms with Gasteiger partial charge in [0.25, 0.3) is 0 Å². The van der Waals surface area contributed by atoms with Gasteiger partial charge >= 0.3 is 0 Å². The number of aliphatic hydroxyl groups is 2. The highest BCUT2D eigenvalue weighted by molar-refractivity contribution is 5.50. The summed E-state index contributed by atoms with van der Waals surface area (Å²) in [6.07, 6.45) is -0.688. The maximum Gasteiger partial charge on any atom is 0.146 e. The molecule has 1 aliphatic rings. The number of benzene rings is 1. The predicted molar refractivity (Wildman–Crippen MR) is 66.1 cm³/mol. The van der Waals surface area contributed by atoms with Gasteiger partial charge in [0.1, 0.15) is 5.82 Å². The number of ether oxygens (including phenoxy) is 1. The first kappa shape index (κ1) is 13.3. The van der Waals surface area contributed by atoms with Crippen LogP contribution in [-0.2, 0) is 4.74 Å². The minimum atomic E-state index is -0.688. The third kappa shape index (κ3) is 2.63. The lowest BCUT2D eigenvalue weighted by molar-refractivity contribution is 0.0723. The molecule has 1 aromatic carbocycles. The van der Waals surface area contributed by atoms with Gasteiger partial charge in [0.15, 0.2) is 0 Å². The third-order valence-corrected chi connectivity index (χ3v) is 3.20. The second-order valence-corrected chi connectivity index (χ2v) is 4.49. The molecule has 0 aromatic heterocycles. The Labute approximate surface area is 106 Å². The average molecular weight is 255 g/mol. The molecule has 5 heteroatoms. The number of aliphatic hydroxyl groups excluding tert-OH is 2. The molecule has 2 atom stereocenters. The van der Waals surface area contributed by atoms with Crippen LogP contribution >= 0.6 is 0 Å². The Morgan fingerprint density at radius 2 is 2.33 bits per heavy atom. The number of halogens is 1. The maximum atomic E-state index is 14.0. The number of hydrogen-bond donors (Lipinski definition) is 2. The molecule has 1 heterocycles. The summed E-state index contributed by atoms with van der Waals surface area (Å²) in [7, 11) is 0. The van der Waals surface area contributed by atoms with E-state index in [9.17, 15) is 14.6 Å². The van der Waals surface area contributed by atoms with Crippen LogP contribution in [0.4, 0.5) is 10.1 Å². The molecule has 1 fully saturated rings. The van der Waals surface area contributed by atoms with Crippen LogP contribution in [0.15, 0.2) is 18.2 Å². The summed E-state index contributed by atoms with van der Waals surface area (Å²) >= 11 is 0. The average Bonchev–Trinajstić information content (AvgIpc) is 2.38. The Hall–Kier alpha value is -1.17. The molecular formula is C13H18FNO3. The van der Waals surface area contributed by atoms with Crippen molar-refractivity contribution >= 4 is 5.69 Å². The van der Waals surface area contributed by atoms with Crippen LogP contribution in [0.1, 0.15) is 18.6 Å². The van der Waals surface area contributed by atoms with Crippen LogP contribution in [0.5, 0.6) is 0 Å². The Morgan fingerprint density at radius 1 is 1.56 bits per heavy atom. The predicted octanol–water partition coefficient (Wildman–Crippen LogP) is 1.08. The van der Waals surface area contributed by atoms with E-state index >= 15 is 0 Å². The van der Waals surface area contributed by atoms with Gasteiger partial charge in [-0.25, -0.2) is 4.39 Å². The summed E-state index contributed by atoms with van der Waals surface area (Å²) in [6.45, 7) is 3.00. The van der Waals surface area contributed by atoms with E-state index in [4.69, 9.17) is 4.74 Å². The lowest BCUT2D eigenvalue weighted by atomic mass is 10.1. The van der Waals surface area contributed by atoms with Crippen molar-refractivity contribution in [1.82, 2.24) is 0 Å². The smallest absolute Gasteiger partial charge is 0.146 e. The first-order chi connectivity index (χ1) is 8.63. The Morgan fingerprint density at radius 3 is 2.94 bits per heavy atom. The molecule has 0 bridgehead atoms. The number of rotatable bonds is 3. The first-order valence-corrected chi connectivity index (χ1v) is 6.06. The molecule has 0 amide bonds. The molecule has 100 valence electrons. The highest BCUT2D eigenvalue weighted by Crippen LogP contribution is 2.26. The van der Waals surface area contributed by atoms with E-state index in [0.29, 0.717) is 31.0 Å². The van der Waals surface area contributed by atoms with Crippen molar-refractivity contribution in [3.05, 3.63) is 29.6 Å². The topological polar surface area (TPSA) is 52.9 Å². The zero-order valence-corrected chi connectivity index (χ0v) is 10.3. The van der Waals surface area contributed by atoms with E-state index in [1.165, 1.54) is 6.07 Å². The SMILES string of the molecule is C[C@H](O)c1ccc(N2CCOCC2CO)c(F)c1. The summed E-state index contributed by atoms with van der Waals surface area (Å²) in [4.78, 5) is 1.81. The summed E-state index contributed by atoms with van der Waals surface area (Å²) < 4.78 is 19.3. The van der Waals surface area contributed by atoms with Crippen LogP contribution in [0, 0.1) is 5.82 Å². The van der Waals surface area contributed by atoms with Gasteiger partial charge in [-0.3, -0.25) is 0 Å². The van der Waals surface area contributed by atoms with Gasteiger partial charge in [-0.15, -0.1) is 0 Å². The normalized spacial score (nSPS) is 22.0. The highest BCUT2D eigenvalue weighted by Gasteiger charge is 2.24. The number of nitrogens with zero attached hydrogens (tertiary/aromatic N) is 1. The Kier molecular flexibility index (Phi) is 4.16. The van der Waals surface area contributed by atoms with Gasteiger partial charge in [-0.2, -0.15) is 0 Å². The monoisotopic (exact) mass is 255 g/mol. The molecule has 1 aliphatic heterocycles. The summed E-state index contributed by atoms with van der Waals surface area (Å²) in [5.41, 5.74) is 0.992. The van der Waals surface area contributed by atoms with Gasteiger partial charge in [0.05, 0.1) is 37.7 Å². The van der Waals surface area contributed by atoms with E-state index in [1.807, 2.05) is 4.90 Å². The van der Waals surface area contributed by atoms with Crippen LogP contribution in [0.2, 0.25) is 0 Å². The molecular weight excluding hydrogens is 237 g/mol. The molecule has 4 nitrogen and oxygen atoms in total. The van der Waals surface area contributed by atoms with Crippen LogP contribution in [0.3, 0.4) is 0 Å². The molecule has 1 unspecified atom stereocenters. The van der Waals surface area contributed by atoms with Gasteiger partial charge < -0.3 is 19.8 Å². The van der Waals surface area contributed by atoms with Crippen molar-refractivity contribution in [2.45, 2.75) is 19.1 Å². The van der Waals surface area contributed by atoms with E-state index in [-0.39, 0.29) is 18.5 Å². The van der Waals surface area contributed by atoms with Gasteiger partial charge in [0.2, 0.25) is 0 Å². The standard InChI is InChI=1S/C13H18FNO3/c1-9(17)10-2-3-13(12(14)6-10)15-4-5-18-8-11(15)7-16/h2-3,6,9,11,16-17H,4-5,7-8H2,1H3/t9-,11?/m0/s1. The molecule has 0 saturated carbocycles. The third-order valence-electron chi connectivity index (χ3n) is 3.20. The van der Waals surface area contributed by atoms with Crippen molar-refractivity contribution in [1.29, 1.82) is 0 Å². The summed E-state index contributed by atoms with van der Waals surface area (Å²) in [5, 5.41) is 18.7. The minimum Gasteiger partial charge on any atom is -0.394 e. The fourth-order valence-electron chi connectivity index (χ4n) is 2.14. The molecule has 1 saturated heterocycles. The van der Waals surface area contributed by atoms with Crippen molar-refractivity contribution in [2.75, 3.05) is 31.3 Å². The quantitative estimate of drug-likeness (QED) is 0.848. The zero-order valence-electron chi connectivity index (χ0n) is 10.3. The summed E-state index contributed by atoms with van der Waals surface area (Å²) in [6, 6.07) is 4.47. The first-order valence-electron chi connectivity index (χ1n) is 6.06. The van der Waals surface area contributed by atoms with E-state index in [2.05, 4.69) is 0 Å². The number of morpholine rings is 1. The Balaban J connectivity index is 2.26. The molecule has 0 aliphatic carbocycles. The van der Waals surface area contributed by atoms with Crippen molar-refractivity contribution in [3.8, 4) is 0 Å². The number of hydrogen-bond acceptors (Lipinski definition) is 4. The second-order valence-electron chi connectivity index (χ2n) is 4.49. The van der Waals surface area contributed by atoms with Crippen molar-refractivity contribution in [2.24, 2.45) is 0 Å². The number of anilines is 1. The molecule has 0 spiro atoms. The van der Waals surface area contributed by atoms with Crippen molar-refractivity contribution < 1.29 is 19.3 Å². The molecule has 1 aromatic rings. The van der Waals surface area contributed by atoms with E-state index in [0.717, 1.165) is 0 Å². The lowest BCUT2D eigenvalue weighted by Crippen LogP contribution is -2.48. The molecule has 2 rings (SSSR count). The van der Waals surface area contributed by atoms with Gasteiger partial charge in [0, 0.05) is 6.54 Å². The van der Waals surface area contributed by atoms with Gasteiger partial charge in [-0.05, 0) is 24.6 Å². The molecule has 2 N–H and O–H groups in total. The fraction of sp³-hybridized carbons (Fsp3) is 0.538. The highest BCUT2D eigenvalue weighted by atomic mass is 19.1. The zero-order chi connectivity index (χ0) is 13.1. The second kappa shape index (κ2) is 5.65. The largest absolute Gasteiger partial charge is 0.394 e. The maximum absolute atomic E-state index is 14.0. The van der Waals surface area contributed by atoms with Crippen LogP contribution < -0.4 is 4.90 Å². The van der Waals surface area contributed by atoms with Crippen LogP contribution in [-0.4, -0.2) is 42.6 Å².